The lowest BCUT2D eigenvalue weighted by molar-refractivity contribution is -0.133. The molecule has 2 fully saturated rings. The van der Waals surface area contributed by atoms with Crippen LogP contribution in [-0.2, 0) is 33.3 Å². The first-order chi connectivity index (χ1) is 19.4. The van der Waals surface area contributed by atoms with Crippen molar-refractivity contribution in [3.05, 3.63) is 66.3 Å². The number of rotatable bonds is 1. The van der Waals surface area contributed by atoms with Crippen molar-refractivity contribution < 1.29 is 19.2 Å². The minimum atomic E-state index is -0.529. The lowest BCUT2D eigenvalue weighted by atomic mass is 9.93. The molecule has 3 heterocycles. The second kappa shape index (κ2) is 12.8. The van der Waals surface area contributed by atoms with Crippen molar-refractivity contribution in [3.8, 4) is 0 Å². The quantitative estimate of drug-likeness (QED) is 0.172. The number of imidazole rings is 2. The van der Waals surface area contributed by atoms with E-state index in [9.17, 15) is 28.8 Å². The number of hydrogen-bond donors (Lipinski definition) is 2. The maximum absolute atomic E-state index is 12.4. The number of hydrogen-bond acceptors (Lipinski definition) is 6. The number of piperidine rings is 1. The second-order valence-corrected chi connectivity index (χ2v) is 12.4. The van der Waals surface area contributed by atoms with E-state index in [1.165, 1.54) is 9.13 Å². The van der Waals surface area contributed by atoms with Gasteiger partial charge in [0, 0.05) is 35.9 Å². The van der Waals surface area contributed by atoms with Crippen LogP contribution in [-0.4, -0.2) is 46.9 Å². The Hall–Kier alpha value is -3.10. The summed E-state index contributed by atoms with van der Waals surface area (Å²) in [4.78, 5) is 70.7. The molecule has 1 saturated heterocycles. The van der Waals surface area contributed by atoms with Crippen molar-refractivity contribution in [3.63, 3.8) is 0 Å². The summed E-state index contributed by atoms with van der Waals surface area (Å²) in [6.07, 6.45) is 1.75. The van der Waals surface area contributed by atoms with Gasteiger partial charge in [0.05, 0.1) is 39.4 Å². The molecule has 2 N–H and O–H groups in total. The van der Waals surface area contributed by atoms with Gasteiger partial charge in [-0.15, -0.1) is 0 Å². The number of H-pyrrole nitrogens is 1. The van der Waals surface area contributed by atoms with Crippen LogP contribution in [0, 0.1) is 0 Å². The highest BCUT2D eigenvalue weighted by Gasteiger charge is 2.31. The van der Waals surface area contributed by atoms with E-state index in [4.69, 9.17) is 0 Å². The Morgan fingerprint density at radius 1 is 0.829 bits per heavy atom. The highest BCUT2D eigenvalue weighted by Crippen LogP contribution is 2.29. The van der Waals surface area contributed by atoms with Crippen LogP contribution in [0.15, 0.2) is 54.9 Å². The summed E-state index contributed by atoms with van der Waals surface area (Å²) < 4.78 is 6.38. The topological polar surface area (TPSA) is 145 Å². The van der Waals surface area contributed by atoms with Crippen molar-refractivity contribution in [1.29, 1.82) is 0 Å². The molecule has 2 aromatic heterocycles. The Morgan fingerprint density at radius 2 is 1.49 bits per heavy atom. The largest absolute Gasteiger partial charge is 0.329 e. The number of carbonyl (C=O) groups excluding carboxylic acids is 4. The third-order valence-corrected chi connectivity index (χ3v) is 9.00. The van der Waals surface area contributed by atoms with E-state index in [0.29, 0.717) is 25.7 Å². The third-order valence-electron chi connectivity index (χ3n) is 6.85. The maximum Gasteiger partial charge on any atom is 0.329 e. The molecular weight excluding hydrogens is 730 g/mol. The van der Waals surface area contributed by atoms with Gasteiger partial charge >= 0.3 is 11.4 Å². The molecule has 1 saturated carbocycles. The molecule has 2 unspecified atom stereocenters. The number of aromatic nitrogens is 4. The molecule has 2 aromatic carbocycles. The fourth-order valence-corrected chi connectivity index (χ4v) is 6.35. The van der Waals surface area contributed by atoms with E-state index >= 15 is 0 Å². The molecule has 11 nitrogen and oxygen atoms in total. The molecule has 4 aromatic rings. The molecular formula is C27H26Br3N5O6. The zero-order valence-corrected chi connectivity index (χ0v) is 26.8. The SMILES string of the molecule is Cn1c(=O)[nH]c2cccc(Br)c21.Cn1c(=O)n(C2CCC(=O)CC2=O)c2cccc(Br)c21.O=C1CCC(Br)C(=O)N1. The van der Waals surface area contributed by atoms with Gasteiger partial charge in [-0.05, 0) is 69.0 Å². The molecule has 2 amide bonds. The number of amides is 2. The van der Waals surface area contributed by atoms with E-state index in [1.807, 2.05) is 36.4 Å². The molecule has 2 aliphatic rings. The first-order valence-electron chi connectivity index (χ1n) is 12.6. The number of alkyl halides is 1. The molecule has 41 heavy (non-hydrogen) atoms. The number of aromatic amines is 1. The number of nitrogens with zero attached hydrogens (tertiary/aromatic N) is 3. The zero-order valence-electron chi connectivity index (χ0n) is 22.1. The fraction of sp³-hybridized carbons (Fsp3) is 0.333. The van der Waals surface area contributed by atoms with E-state index in [1.54, 1.807) is 18.7 Å². The van der Waals surface area contributed by atoms with Gasteiger partial charge in [0.25, 0.3) is 0 Å². The van der Waals surface area contributed by atoms with Crippen LogP contribution in [0.1, 0.15) is 38.1 Å². The predicted molar refractivity (Wildman–Crippen MR) is 164 cm³/mol. The van der Waals surface area contributed by atoms with Gasteiger partial charge in [0.1, 0.15) is 5.78 Å². The average molecular weight is 756 g/mol. The number of halogens is 3. The van der Waals surface area contributed by atoms with Crippen molar-refractivity contribution in [2.45, 2.75) is 43.0 Å². The molecule has 1 aliphatic heterocycles. The minimum absolute atomic E-state index is 0.0410. The lowest BCUT2D eigenvalue weighted by Crippen LogP contribution is -2.41. The van der Waals surface area contributed by atoms with Crippen molar-refractivity contribution in [2.75, 3.05) is 0 Å². The van der Waals surface area contributed by atoms with Gasteiger partial charge in [-0.1, -0.05) is 28.1 Å². The second-order valence-electron chi connectivity index (χ2n) is 9.60. The van der Waals surface area contributed by atoms with Gasteiger partial charge in [0.15, 0.2) is 5.78 Å². The number of nitrogens with one attached hydrogen (secondary N) is 2. The Bertz CT molecular complexity index is 1800. The van der Waals surface area contributed by atoms with E-state index in [-0.39, 0.29) is 46.0 Å². The van der Waals surface area contributed by atoms with E-state index in [0.717, 1.165) is 31.0 Å². The average Bonchev–Trinajstić information content (AvgIpc) is 3.36. The normalized spacial score (nSPS) is 19.0. The highest BCUT2D eigenvalue weighted by molar-refractivity contribution is 9.11. The van der Waals surface area contributed by atoms with Gasteiger partial charge in [-0.2, -0.15) is 0 Å². The number of benzene rings is 2. The molecule has 0 radical (unpaired) electrons. The molecule has 0 spiro atoms. The van der Waals surface area contributed by atoms with Crippen LogP contribution >= 0.6 is 47.8 Å². The smallest absolute Gasteiger partial charge is 0.306 e. The maximum atomic E-state index is 12.4. The van der Waals surface area contributed by atoms with Crippen LogP contribution in [0.4, 0.5) is 0 Å². The lowest BCUT2D eigenvalue weighted by Gasteiger charge is -2.21. The molecule has 1 aliphatic carbocycles. The number of fused-ring (bicyclic) bond motifs is 2. The first-order valence-corrected chi connectivity index (χ1v) is 15.1. The van der Waals surface area contributed by atoms with E-state index in [2.05, 4.69) is 58.1 Å². The summed E-state index contributed by atoms with van der Waals surface area (Å²) >= 11 is 9.93. The summed E-state index contributed by atoms with van der Waals surface area (Å²) in [6, 6.07) is 10.7. The Kier molecular flexibility index (Phi) is 9.65. The summed E-state index contributed by atoms with van der Waals surface area (Å²) in [6.45, 7) is 0. The summed E-state index contributed by atoms with van der Waals surface area (Å²) in [5.74, 6) is -0.599. The molecule has 216 valence electrons. The monoisotopic (exact) mass is 753 g/mol. The third kappa shape index (κ3) is 6.54. The van der Waals surface area contributed by atoms with E-state index < -0.39 is 6.04 Å². The van der Waals surface area contributed by atoms with Crippen molar-refractivity contribution in [1.82, 2.24) is 24.0 Å². The molecule has 2 atom stereocenters. The number of Topliss-reactive ketones (excluding diaryl/α,β-unsaturated/α-hetero) is 2. The molecule has 6 rings (SSSR count). The summed E-state index contributed by atoms with van der Waals surface area (Å²) in [7, 11) is 3.43. The van der Waals surface area contributed by atoms with Crippen LogP contribution in [0.25, 0.3) is 22.1 Å². The van der Waals surface area contributed by atoms with Crippen LogP contribution < -0.4 is 16.7 Å². The molecule has 0 bridgehead atoms. The Morgan fingerprint density at radius 3 is 2.10 bits per heavy atom. The Balaban J connectivity index is 0.000000156. The fourth-order valence-electron chi connectivity index (χ4n) is 4.75. The van der Waals surface area contributed by atoms with Gasteiger partial charge < -0.3 is 4.98 Å². The number of imide groups is 1. The number of para-hydroxylation sites is 2. The highest BCUT2D eigenvalue weighted by atomic mass is 79.9. The van der Waals surface area contributed by atoms with Crippen molar-refractivity contribution in [2.24, 2.45) is 14.1 Å². The van der Waals surface area contributed by atoms with Crippen molar-refractivity contribution >= 4 is 93.2 Å². The standard InChI is InChI=1S/C14H13BrN2O3.C8H7BrN2O.C5H6BrNO2/c1-16-13-9(15)3-2-4-11(13)17(14(16)20)10-6-5-8(18)7-12(10)19;1-11-7-5(9)3-2-4-6(7)10-8(11)12;6-3-1-2-4(8)7-5(3)9/h2-4,10H,5-7H2,1H3;2-4H,1H3,(H,10,12);3H,1-2H2,(H,7,8,9). The van der Waals surface area contributed by atoms with Crippen LogP contribution in [0.5, 0.6) is 0 Å². The van der Waals surface area contributed by atoms with Gasteiger partial charge in [-0.3, -0.25) is 38.2 Å². The zero-order chi connectivity index (χ0) is 30.0. The number of carbonyl (C=O) groups is 4. The summed E-state index contributed by atoms with van der Waals surface area (Å²) in [5, 5.41) is 2.20. The number of aryl methyl sites for hydroxylation is 2. The molecule has 14 heteroatoms. The summed E-state index contributed by atoms with van der Waals surface area (Å²) in [5.41, 5.74) is 2.94. The van der Waals surface area contributed by atoms with Gasteiger partial charge in [0.2, 0.25) is 11.8 Å². The van der Waals surface area contributed by atoms with Crippen LogP contribution in [0.3, 0.4) is 0 Å². The Labute approximate surface area is 258 Å². The minimum Gasteiger partial charge on any atom is -0.306 e. The van der Waals surface area contributed by atoms with Crippen LogP contribution in [0.2, 0.25) is 0 Å². The van der Waals surface area contributed by atoms with Gasteiger partial charge in [-0.25, -0.2) is 9.59 Å². The number of ketones is 2. The first kappa shape index (κ1) is 30.8. The predicted octanol–water partition coefficient (Wildman–Crippen LogP) is 3.78.